The Kier molecular flexibility index (Phi) is 9.15. The molecule has 4 aromatic carbocycles. The first-order valence-corrected chi connectivity index (χ1v) is 15.8. The molecule has 0 aliphatic carbocycles. The Morgan fingerprint density at radius 2 is 1.79 bits per heavy atom. The summed E-state index contributed by atoms with van der Waals surface area (Å²) in [4.78, 5) is 17.7. The average Bonchev–Trinajstić information content (AvgIpc) is 3.69. The number of aromatic nitrogens is 1. The molecular weight excluding hydrogens is 631 g/mol. The number of anilines is 1. The number of oxazole rings is 1. The first kappa shape index (κ1) is 32.0. The number of aliphatic hydroxyl groups is 1. The standard InChI is InChI=1S/C35H30F3N3O5S/c1-39-34(43)31-24-16-23(20-9-12-28(44-2)25(15-20)35-40-32-26(38)5-4-6-29(32)46-35)27(41(47-3)18-22(42)13-14-36)17-30(24)45-33(31)19-7-10-21(37)11-8-19/h4-12,15-17,22,42H,13-14,18H2,1-3H3,(H,39,43). The summed E-state index contributed by atoms with van der Waals surface area (Å²) >= 11 is 1.32. The highest BCUT2D eigenvalue weighted by atomic mass is 32.2. The molecule has 0 aliphatic rings. The Bertz CT molecular complexity index is 2080. The van der Waals surface area contributed by atoms with Crippen molar-refractivity contribution in [2.45, 2.75) is 12.5 Å². The van der Waals surface area contributed by atoms with E-state index in [-0.39, 0.29) is 41.3 Å². The highest BCUT2D eigenvalue weighted by molar-refractivity contribution is 8.00. The molecule has 0 spiro atoms. The van der Waals surface area contributed by atoms with E-state index in [0.717, 1.165) is 0 Å². The number of furan rings is 1. The number of nitrogens with zero attached hydrogens (tertiary/aromatic N) is 2. The van der Waals surface area contributed by atoms with Crippen LogP contribution in [-0.4, -0.2) is 55.7 Å². The maximum Gasteiger partial charge on any atom is 0.255 e. The lowest BCUT2D eigenvalue weighted by atomic mass is 9.96. The number of nitrogens with one attached hydrogen (secondary N) is 1. The summed E-state index contributed by atoms with van der Waals surface area (Å²) in [6.45, 7) is -0.595. The second-order valence-corrected chi connectivity index (χ2v) is 11.5. The lowest BCUT2D eigenvalue weighted by Gasteiger charge is -2.27. The van der Waals surface area contributed by atoms with Gasteiger partial charge in [0, 0.05) is 42.3 Å². The number of para-hydroxylation sites is 1. The number of fused-ring (bicyclic) bond motifs is 2. The van der Waals surface area contributed by atoms with Crippen molar-refractivity contribution in [3.8, 4) is 39.7 Å². The molecule has 2 N–H and O–H groups in total. The smallest absolute Gasteiger partial charge is 0.255 e. The van der Waals surface area contributed by atoms with Crippen LogP contribution in [0.15, 0.2) is 81.6 Å². The number of alkyl halides is 1. The van der Waals surface area contributed by atoms with E-state index in [4.69, 9.17) is 13.6 Å². The molecule has 1 atom stereocenters. The fourth-order valence-electron chi connectivity index (χ4n) is 5.48. The van der Waals surface area contributed by atoms with Crippen molar-refractivity contribution >= 4 is 45.6 Å². The van der Waals surface area contributed by atoms with Gasteiger partial charge in [0.15, 0.2) is 11.4 Å². The average molecular weight is 662 g/mol. The van der Waals surface area contributed by atoms with Crippen LogP contribution in [0.3, 0.4) is 0 Å². The van der Waals surface area contributed by atoms with Crippen molar-refractivity contribution in [1.29, 1.82) is 0 Å². The van der Waals surface area contributed by atoms with Gasteiger partial charge in [-0.05, 0) is 60.2 Å². The van der Waals surface area contributed by atoms with Gasteiger partial charge >= 0.3 is 0 Å². The number of aliphatic hydroxyl groups excluding tert-OH is 1. The molecule has 0 bridgehead atoms. The molecule has 242 valence electrons. The van der Waals surface area contributed by atoms with Gasteiger partial charge in [0.1, 0.15) is 28.4 Å². The molecule has 8 nitrogen and oxygen atoms in total. The predicted molar refractivity (Wildman–Crippen MR) is 177 cm³/mol. The molecule has 12 heteroatoms. The van der Waals surface area contributed by atoms with Crippen molar-refractivity contribution < 1.29 is 36.6 Å². The highest BCUT2D eigenvalue weighted by Gasteiger charge is 2.26. The Morgan fingerprint density at radius 1 is 1.02 bits per heavy atom. The lowest BCUT2D eigenvalue weighted by Crippen LogP contribution is -2.27. The summed E-state index contributed by atoms with van der Waals surface area (Å²) in [6.07, 6.45) is 0.806. The van der Waals surface area contributed by atoms with Crippen molar-refractivity contribution in [2.24, 2.45) is 0 Å². The fraction of sp³-hybridized carbons (Fsp3) is 0.200. The number of carbonyl (C=O) groups is 1. The zero-order valence-corrected chi connectivity index (χ0v) is 26.5. The van der Waals surface area contributed by atoms with E-state index in [1.165, 1.54) is 62.5 Å². The van der Waals surface area contributed by atoms with Crippen LogP contribution in [0.1, 0.15) is 16.8 Å². The molecular formula is C35H30F3N3O5S. The molecule has 6 aromatic rings. The monoisotopic (exact) mass is 661 g/mol. The Morgan fingerprint density at radius 3 is 2.47 bits per heavy atom. The number of amides is 1. The summed E-state index contributed by atoms with van der Waals surface area (Å²) in [5.41, 5.74) is 3.78. The van der Waals surface area contributed by atoms with E-state index in [1.807, 2.05) is 16.6 Å². The van der Waals surface area contributed by atoms with Gasteiger partial charge in [-0.3, -0.25) is 9.18 Å². The maximum absolute atomic E-state index is 14.5. The summed E-state index contributed by atoms with van der Waals surface area (Å²) in [5.74, 6) is -0.557. The van der Waals surface area contributed by atoms with Gasteiger partial charge in [-0.2, -0.15) is 0 Å². The van der Waals surface area contributed by atoms with Gasteiger partial charge in [-0.15, -0.1) is 0 Å². The number of hydrogen-bond donors (Lipinski definition) is 2. The molecule has 0 saturated carbocycles. The van der Waals surface area contributed by atoms with Crippen LogP contribution < -0.4 is 14.4 Å². The van der Waals surface area contributed by atoms with E-state index >= 15 is 0 Å². The number of benzene rings is 4. The summed E-state index contributed by atoms with van der Waals surface area (Å²) < 4.78 is 61.2. The SMILES string of the molecule is CNC(=O)c1c(-c2ccc(F)cc2)oc2cc(N(CC(O)CCF)SC)c(-c3ccc(OC)c(-c4nc5c(F)cccc5o4)c3)cc12. The van der Waals surface area contributed by atoms with Crippen molar-refractivity contribution in [2.75, 3.05) is 37.9 Å². The van der Waals surface area contributed by atoms with Crippen LogP contribution in [0.5, 0.6) is 5.75 Å². The zero-order chi connectivity index (χ0) is 33.2. The number of carbonyl (C=O) groups excluding carboxylic acids is 1. The molecule has 47 heavy (non-hydrogen) atoms. The number of hydrogen-bond acceptors (Lipinski definition) is 8. The largest absolute Gasteiger partial charge is 0.496 e. The quantitative estimate of drug-likeness (QED) is 0.135. The van der Waals surface area contributed by atoms with Gasteiger partial charge in [-0.1, -0.05) is 24.1 Å². The molecule has 2 heterocycles. The number of ether oxygens (including phenoxy) is 1. The summed E-state index contributed by atoms with van der Waals surface area (Å²) in [5, 5.41) is 13.7. The minimum absolute atomic E-state index is 0.0497. The third kappa shape index (κ3) is 6.13. The highest BCUT2D eigenvalue weighted by Crippen LogP contribution is 2.44. The number of rotatable bonds is 11. The normalized spacial score (nSPS) is 12.1. The van der Waals surface area contributed by atoms with Crippen LogP contribution in [-0.2, 0) is 0 Å². The van der Waals surface area contributed by atoms with Crippen LogP contribution in [0.2, 0.25) is 0 Å². The molecule has 0 fully saturated rings. The summed E-state index contributed by atoms with van der Waals surface area (Å²) in [7, 11) is 3.00. The summed E-state index contributed by atoms with van der Waals surface area (Å²) in [6, 6.07) is 18.9. The van der Waals surface area contributed by atoms with Gasteiger partial charge in [0.2, 0.25) is 5.89 Å². The zero-order valence-electron chi connectivity index (χ0n) is 25.6. The van der Waals surface area contributed by atoms with E-state index in [1.54, 1.807) is 30.3 Å². The lowest BCUT2D eigenvalue weighted by molar-refractivity contribution is 0.0964. The van der Waals surface area contributed by atoms with Crippen molar-refractivity contribution in [1.82, 2.24) is 10.3 Å². The van der Waals surface area contributed by atoms with Gasteiger partial charge < -0.3 is 28.3 Å². The van der Waals surface area contributed by atoms with E-state index < -0.39 is 30.3 Å². The van der Waals surface area contributed by atoms with Crippen LogP contribution in [0.25, 0.3) is 56.0 Å². The van der Waals surface area contributed by atoms with Crippen LogP contribution >= 0.6 is 11.9 Å². The van der Waals surface area contributed by atoms with E-state index in [9.17, 15) is 23.1 Å². The molecule has 1 amide bonds. The molecule has 0 radical (unpaired) electrons. The Balaban J connectivity index is 1.61. The van der Waals surface area contributed by atoms with Gasteiger partial charge in [0.05, 0.1) is 43.2 Å². The Hall–Kier alpha value is -4.94. The molecule has 1 unspecified atom stereocenters. The molecule has 0 aliphatic heterocycles. The second kappa shape index (κ2) is 13.4. The maximum atomic E-state index is 14.5. The number of halogens is 3. The van der Waals surface area contributed by atoms with Gasteiger partial charge in [0.25, 0.3) is 5.91 Å². The van der Waals surface area contributed by atoms with E-state index in [0.29, 0.717) is 44.7 Å². The number of methoxy groups -OCH3 is 1. The minimum Gasteiger partial charge on any atom is -0.496 e. The third-order valence-electron chi connectivity index (χ3n) is 7.79. The minimum atomic E-state index is -0.968. The third-order valence-corrected chi connectivity index (χ3v) is 8.57. The first-order valence-electron chi connectivity index (χ1n) is 14.6. The molecule has 0 saturated heterocycles. The predicted octanol–water partition coefficient (Wildman–Crippen LogP) is 8.03. The fourth-order valence-corrected chi connectivity index (χ4v) is 6.15. The van der Waals surface area contributed by atoms with Crippen molar-refractivity contribution in [3.63, 3.8) is 0 Å². The van der Waals surface area contributed by atoms with Gasteiger partial charge in [-0.25, -0.2) is 13.8 Å². The molecule has 6 rings (SSSR count). The van der Waals surface area contributed by atoms with Crippen molar-refractivity contribution in [3.05, 3.63) is 90.0 Å². The van der Waals surface area contributed by atoms with Crippen LogP contribution in [0, 0.1) is 11.6 Å². The second-order valence-electron chi connectivity index (χ2n) is 10.7. The van der Waals surface area contributed by atoms with E-state index in [2.05, 4.69) is 10.3 Å². The molecule has 2 aromatic heterocycles. The Labute approximate surface area is 272 Å². The topological polar surface area (TPSA) is 101 Å². The first-order chi connectivity index (χ1) is 22.8. The van der Waals surface area contributed by atoms with Crippen LogP contribution in [0.4, 0.5) is 18.9 Å².